The van der Waals surface area contributed by atoms with Gasteiger partial charge in [0.15, 0.2) is 0 Å². The van der Waals surface area contributed by atoms with Crippen molar-refractivity contribution in [3.05, 3.63) is 18.0 Å². The highest BCUT2D eigenvalue weighted by Crippen LogP contribution is 2.39. The number of carbonyl (C=O) groups excluding carboxylic acids is 1. The van der Waals surface area contributed by atoms with Crippen LogP contribution in [0.1, 0.15) is 61.9 Å². The first-order valence-corrected chi connectivity index (χ1v) is 9.85. The normalized spacial score (nSPS) is 29.9. The third-order valence-corrected chi connectivity index (χ3v) is 6.19. The fourth-order valence-corrected chi connectivity index (χ4v) is 4.97. The van der Waals surface area contributed by atoms with E-state index in [1.165, 1.54) is 38.5 Å². The van der Waals surface area contributed by atoms with Crippen LogP contribution in [0.15, 0.2) is 12.3 Å². The minimum absolute atomic E-state index is 0. The van der Waals surface area contributed by atoms with E-state index < -0.39 is 0 Å². The zero-order chi connectivity index (χ0) is 17.2. The van der Waals surface area contributed by atoms with Crippen molar-refractivity contribution < 1.29 is 4.79 Å². The van der Waals surface area contributed by atoms with Crippen molar-refractivity contribution in [2.75, 3.05) is 18.0 Å². The van der Waals surface area contributed by atoms with Crippen LogP contribution in [-0.4, -0.2) is 41.0 Å². The lowest BCUT2D eigenvalue weighted by Gasteiger charge is -2.45. The molecule has 2 saturated carbocycles. The first-order valence-electron chi connectivity index (χ1n) is 9.85. The van der Waals surface area contributed by atoms with Gasteiger partial charge in [-0.1, -0.05) is 6.42 Å². The molecule has 2 aliphatic carbocycles. The Labute approximate surface area is 173 Å². The maximum absolute atomic E-state index is 12.8. The SMILES string of the molecule is Cl.Cl.NC1CC2CCCC(C1)C2NC(=O)c1ccnc(N2CCCCC2)n1. The number of fused-ring (bicyclic) bond motifs is 2. The number of halogens is 2. The average molecular weight is 416 g/mol. The van der Waals surface area contributed by atoms with Crippen LogP contribution in [0.2, 0.25) is 0 Å². The second kappa shape index (κ2) is 9.89. The molecule has 3 aliphatic rings. The molecule has 2 heterocycles. The first kappa shape index (κ1) is 22.2. The number of aromatic nitrogens is 2. The monoisotopic (exact) mass is 415 g/mol. The van der Waals surface area contributed by atoms with E-state index >= 15 is 0 Å². The molecule has 1 aromatic heterocycles. The van der Waals surface area contributed by atoms with Gasteiger partial charge in [0.1, 0.15) is 5.69 Å². The molecule has 6 nitrogen and oxygen atoms in total. The standard InChI is InChI=1S/C19H29N5O.2ClH/c20-15-11-13-5-4-6-14(12-15)17(13)23-18(25)16-7-8-21-19(22-16)24-9-2-1-3-10-24;;/h7-8,13-15,17H,1-6,9-12,20H2,(H,23,25);2*1H. The molecule has 0 spiro atoms. The molecule has 4 rings (SSSR count). The maximum atomic E-state index is 12.8. The van der Waals surface area contributed by atoms with Crippen molar-refractivity contribution in [3.8, 4) is 0 Å². The predicted molar refractivity (Wildman–Crippen MR) is 112 cm³/mol. The molecule has 1 amide bonds. The third-order valence-electron chi connectivity index (χ3n) is 6.19. The van der Waals surface area contributed by atoms with Crippen molar-refractivity contribution in [1.29, 1.82) is 0 Å². The highest BCUT2D eigenvalue weighted by atomic mass is 35.5. The van der Waals surface area contributed by atoms with Crippen LogP contribution in [-0.2, 0) is 0 Å². The van der Waals surface area contributed by atoms with Gasteiger partial charge in [-0.15, -0.1) is 24.8 Å². The summed E-state index contributed by atoms with van der Waals surface area (Å²) in [6.07, 6.45) is 11.0. The minimum atomic E-state index is -0.0574. The van der Waals surface area contributed by atoms with Gasteiger partial charge >= 0.3 is 0 Å². The molecule has 3 N–H and O–H groups in total. The number of carbonyl (C=O) groups is 1. The van der Waals surface area contributed by atoms with Gasteiger partial charge in [0, 0.05) is 31.4 Å². The Hall–Kier alpha value is -1.11. The number of nitrogens with zero attached hydrogens (tertiary/aromatic N) is 3. The lowest BCUT2D eigenvalue weighted by Crippen LogP contribution is -2.53. The summed E-state index contributed by atoms with van der Waals surface area (Å²) in [5.74, 6) is 1.68. The highest BCUT2D eigenvalue weighted by molar-refractivity contribution is 5.92. The number of anilines is 1. The van der Waals surface area contributed by atoms with E-state index in [0.29, 0.717) is 29.5 Å². The van der Waals surface area contributed by atoms with E-state index in [4.69, 9.17) is 5.73 Å². The molecule has 2 atom stereocenters. The summed E-state index contributed by atoms with van der Waals surface area (Å²) in [5.41, 5.74) is 6.68. The molecule has 3 fully saturated rings. The molecule has 1 aromatic rings. The van der Waals surface area contributed by atoms with E-state index in [1.807, 2.05) is 0 Å². The molecular formula is C19H31Cl2N5O. The van der Waals surface area contributed by atoms with E-state index in [0.717, 1.165) is 25.9 Å². The van der Waals surface area contributed by atoms with E-state index in [9.17, 15) is 4.79 Å². The molecule has 152 valence electrons. The Bertz CT molecular complexity index is 612. The number of hydrogen-bond acceptors (Lipinski definition) is 5. The molecule has 2 unspecified atom stereocenters. The Morgan fingerprint density at radius 3 is 2.41 bits per heavy atom. The van der Waals surface area contributed by atoms with Gasteiger partial charge in [-0.25, -0.2) is 9.97 Å². The summed E-state index contributed by atoms with van der Waals surface area (Å²) >= 11 is 0. The fraction of sp³-hybridized carbons (Fsp3) is 0.737. The lowest BCUT2D eigenvalue weighted by atomic mass is 9.67. The predicted octanol–water partition coefficient (Wildman–Crippen LogP) is 2.95. The van der Waals surface area contributed by atoms with E-state index in [1.54, 1.807) is 12.3 Å². The topological polar surface area (TPSA) is 84.1 Å². The molecule has 0 radical (unpaired) electrons. The maximum Gasteiger partial charge on any atom is 0.270 e. The van der Waals surface area contributed by atoms with E-state index in [-0.39, 0.29) is 36.8 Å². The number of hydrogen-bond donors (Lipinski definition) is 2. The average Bonchev–Trinajstić information content (AvgIpc) is 2.63. The lowest BCUT2D eigenvalue weighted by molar-refractivity contribution is 0.0751. The summed E-state index contributed by atoms with van der Waals surface area (Å²) in [4.78, 5) is 23.9. The summed E-state index contributed by atoms with van der Waals surface area (Å²) < 4.78 is 0. The summed E-state index contributed by atoms with van der Waals surface area (Å²) in [5, 5.41) is 3.28. The largest absolute Gasteiger partial charge is 0.347 e. The second-order valence-corrected chi connectivity index (χ2v) is 7.97. The Morgan fingerprint density at radius 1 is 1.07 bits per heavy atom. The first-order chi connectivity index (χ1) is 12.2. The number of piperidine rings is 1. The molecule has 2 bridgehead atoms. The number of rotatable bonds is 3. The molecule has 27 heavy (non-hydrogen) atoms. The molecule has 1 aliphatic heterocycles. The highest BCUT2D eigenvalue weighted by Gasteiger charge is 2.40. The molecule has 1 saturated heterocycles. The van der Waals surface area contributed by atoms with Gasteiger partial charge in [-0.3, -0.25) is 4.79 Å². The van der Waals surface area contributed by atoms with Crippen LogP contribution in [0.25, 0.3) is 0 Å². The van der Waals surface area contributed by atoms with Crippen LogP contribution in [0.4, 0.5) is 5.95 Å². The van der Waals surface area contributed by atoms with Crippen molar-refractivity contribution in [1.82, 2.24) is 15.3 Å². The van der Waals surface area contributed by atoms with Gasteiger partial charge < -0.3 is 16.0 Å². The fourth-order valence-electron chi connectivity index (χ4n) is 4.97. The molecule has 0 aromatic carbocycles. The van der Waals surface area contributed by atoms with Crippen molar-refractivity contribution in [2.24, 2.45) is 17.6 Å². The van der Waals surface area contributed by atoms with Crippen LogP contribution in [0.3, 0.4) is 0 Å². The summed E-state index contributed by atoms with van der Waals surface area (Å²) in [6, 6.07) is 2.29. The summed E-state index contributed by atoms with van der Waals surface area (Å²) in [7, 11) is 0. The van der Waals surface area contributed by atoms with Gasteiger partial charge in [0.25, 0.3) is 5.91 Å². The quantitative estimate of drug-likeness (QED) is 0.792. The second-order valence-electron chi connectivity index (χ2n) is 7.97. The molecular weight excluding hydrogens is 385 g/mol. The minimum Gasteiger partial charge on any atom is -0.347 e. The van der Waals surface area contributed by atoms with Gasteiger partial charge in [-0.2, -0.15) is 0 Å². The Balaban J connectivity index is 0.00000131. The Kier molecular flexibility index (Phi) is 8.13. The zero-order valence-corrected chi connectivity index (χ0v) is 17.3. The summed E-state index contributed by atoms with van der Waals surface area (Å²) in [6.45, 7) is 1.96. The number of nitrogens with two attached hydrogens (primary N) is 1. The van der Waals surface area contributed by atoms with Crippen LogP contribution >= 0.6 is 24.8 Å². The number of nitrogens with one attached hydrogen (secondary N) is 1. The zero-order valence-electron chi connectivity index (χ0n) is 15.7. The van der Waals surface area contributed by atoms with Gasteiger partial charge in [-0.05, 0) is 62.8 Å². The Morgan fingerprint density at radius 2 is 1.74 bits per heavy atom. The third kappa shape index (κ3) is 5.04. The smallest absolute Gasteiger partial charge is 0.270 e. The van der Waals surface area contributed by atoms with Crippen molar-refractivity contribution in [3.63, 3.8) is 0 Å². The molecule has 8 heteroatoms. The van der Waals surface area contributed by atoms with Crippen molar-refractivity contribution in [2.45, 2.75) is 63.5 Å². The van der Waals surface area contributed by atoms with Gasteiger partial charge in [0.2, 0.25) is 5.95 Å². The number of amides is 1. The van der Waals surface area contributed by atoms with Crippen LogP contribution in [0.5, 0.6) is 0 Å². The van der Waals surface area contributed by atoms with Crippen LogP contribution in [0, 0.1) is 11.8 Å². The van der Waals surface area contributed by atoms with E-state index in [2.05, 4.69) is 20.2 Å². The van der Waals surface area contributed by atoms with Crippen molar-refractivity contribution >= 4 is 36.7 Å². The van der Waals surface area contributed by atoms with Crippen LogP contribution < -0.4 is 16.0 Å². The van der Waals surface area contributed by atoms with Gasteiger partial charge in [0.05, 0.1) is 0 Å².